The van der Waals surface area contributed by atoms with Crippen LogP contribution >= 0.6 is 0 Å². The molecule has 3 fully saturated rings. The summed E-state index contributed by atoms with van der Waals surface area (Å²) in [5.41, 5.74) is -2.50. The van der Waals surface area contributed by atoms with E-state index in [1.165, 1.54) is 30.3 Å². The van der Waals surface area contributed by atoms with Crippen LogP contribution in [-0.2, 0) is 23.7 Å². The Bertz CT molecular complexity index is 967. The third-order valence-electron chi connectivity index (χ3n) is 7.00. The number of esters is 1. The fraction of sp³-hybridized carbons (Fsp3) is 0.591. The molecule has 0 bridgehead atoms. The summed E-state index contributed by atoms with van der Waals surface area (Å²) in [6, 6.07) is 5.31. The molecule has 12 nitrogen and oxygen atoms in total. The Morgan fingerprint density at radius 3 is 2.47 bits per heavy atom. The van der Waals surface area contributed by atoms with Gasteiger partial charge in [0.15, 0.2) is 6.29 Å². The Kier molecular flexibility index (Phi) is 5.61. The first-order valence-electron chi connectivity index (χ1n) is 10.8. The van der Waals surface area contributed by atoms with Gasteiger partial charge in [-0.15, -0.1) is 0 Å². The first-order valence-corrected chi connectivity index (χ1v) is 10.8. The normalized spacial score (nSPS) is 46.8. The lowest BCUT2D eigenvalue weighted by Crippen LogP contribution is -2.62. The molecule has 1 aromatic rings. The van der Waals surface area contributed by atoms with Crippen molar-refractivity contribution in [3.05, 3.63) is 42.2 Å². The second-order valence-electron chi connectivity index (χ2n) is 9.14. The zero-order chi connectivity index (χ0) is 24.4. The van der Waals surface area contributed by atoms with Gasteiger partial charge in [0.05, 0.1) is 17.7 Å². The first-order chi connectivity index (χ1) is 16.1. The number of benzene rings is 1. The van der Waals surface area contributed by atoms with Crippen LogP contribution in [0.2, 0.25) is 0 Å². The Balaban J connectivity index is 1.27. The van der Waals surface area contributed by atoms with Crippen molar-refractivity contribution in [1.82, 2.24) is 0 Å². The van der Waals surface area contributed by atoms with Crippen molar-refractivity contribution in [3.63, 3.8) is 0 Å². The largest absolute Gasteiger partial charge is 0.508 e. The number of hydrogen-bond donors (Lipinski definition) is 6. The monoisotopic (exact) mass is 482 g/mol. The summed E-state index contributed by atoms with van der Waals surface area (Å²) in [5.74, 6) is -1.67. The number of aromatic hydroxyl groups is 1. The summed E-state index contributed by atoms with van der Waals surface area (Å²) >= 11 is 0. The Hall–Kier alpha value is -2.29. The van der Waals surface area contributed by atoms with Crippen molar-refractivity contribution >= 4 is 5.97 Å². The van der Waals surface area contributed by atoms with Gasteiger partial charge in [-0.3, -0.25) is 0 Å². The number of carbonyl (C=O) groups is 1. The van der Waals surface area contributed by atoms with Crippen molar-refractivity contribution < 1.29 is 59.1 Å². The van der Waals surface area contributed by atoms with Crippen LogP contribution in [0.1, 0.15) is 17.3 Å². The van der Waals surface area contributed by atoms with E-state index >= 15 is 0 Å². The quantitative estimate of drug-likeness (QED) is 0.203. The lowest BCUT2D eigenvalue weighted by Gasteiger charge is -2.45. The summed E-state index contributed by atoms with van der Waals surface area (Å²) in [6.45, 7) is 1.20. The molecule has 11 atom stereocenters. The number of aliphatic hydroxyl groups excluding tert-OH is 4. The Morgan fingerprint density at radius 1 is 1.06 bits per heavy atom. The molecule has 12 heteroatoms. The average molecular weight is 482 g/mol. The average Bonchev–Trinajstić information content (AvgIpc) is 3.45. The van der Waals surface area contributed by atoms with E-state index in [4.69, 9.17) is 23.7 Å². The number of ether oxygens (including phenoxy) is 5. The number of rotatable bonds is 5. The number of phenols is 1. The molecule has 2 saturated heterocycles. The molecular weight excluding hydrogens is 456 g/mol. The van der Waals surface area contributed by atoms with Gasteiger partial charge in [0, 0.05) is 0 Å². The minimum Gasteiger partial charge on any atom is -0.508 e. The molecule has 5 rings (SSSR count). The van der Waals surface area contributed by atoms with E-state index < -0.39 is 78.9 Å². The maximum atomic E-state index is 12.2. The van der Waals surface area contributed by atoms with Crippen LogP contribution in [0.5, 0.6) is 5.75 Å². The summed E-state index contributed by atoms with van der Waals surface area (Å²) in [4.78, 5) is 12.2. The fourth-order valence-corrected chi connectivity index (χ4v) is 5.00. The van der Waals surface area contributed by atoms with Crippen molar-refractivity contribution in [2.45, 2.75) is 67.3 Å². The molecule has 4 aliphatic rings. The van der Waals surface area contributed by atoms with Crippen LogP contribution in [0.15, 0.2) is 36.6 Å². The highest BCUT2D eigenvalue weighted by Crippen LogP contribution is 2.61. The molecule has 11 unspecified atom stereocenters. The molecule has 6 N–H and O–H groups in total. The topological polar surface area (TPSA) is 188 Å². The Labute approximate surface area is 193 Å². The molecule has 1 aliphatic carbocycles. The zero-order valence-corrected chi connectivity index (χ0v) is 18.0. The molecule has 3 aliphatic heterocycles. The van der Waals surface area contributed by atoms with Gasteiger partial charge < -0.3 is 54.3 Å². The highest BCUT2D eigenvalue weighted by atomic mass is 16.8. The Morgan fingerprint density at radius 2 is 1.76 bits per heavy atom. The molecule has 0 spiro atoms. The smallest absolute Gasteiger partial charge is 0.338 e. The van der Waals surface area contributed by atoms with E-state index in [1.54, 1.807) is 6.92 Å². The third-order valence-corrected chi connectivity index (χ3v) is 7.00. The lowest BCUT2D eigenvalue weighted by atomic mass is 9.82. The van der Waals surface area contributed by atoms with Crippen LogP contribution in [0, 0.1) is 5.92 Å². The van der Waals surface area contributed by atoms with E-state index in [1.807, 2.05) is 0 Å². The molecule has 0 aromatic heterocycles. The molecule has 0 amide bonds. The minimum absolute atomic E-state index is 0.0297. The molecule has 0 radical (unpaired) electrons. The standard InChI is InChI=1S/C22H26O12/c1-21-15-20(30-7-6-22(15,29)16(27)17(21)34-21)33-19-14(26)13(25)12(24)11(32-19)8-31-18(28)9-2-4-10(23)5-3-9/h2-7,11-17,19-20,23-27,29H,8H2,1H3. The van der Waals surface area contributed by atoms with Crippen LogP contribution in [0.4, 0.5) is 0 Å². The fourth-order valence-electron chi connectivity index (χ4n) is 5.00. The van der Waals surface area contributed by atoms with E-state index in [0.29, 0.717) is 0 Å². The van der Waals surface area contributed by atoms with E-state index in [2.05, 4.69) is 0 Å². The van der Waals surface area contributed by atoms with Gasteiger partial charge in [0.25, 0.3) is 0 Å². The van der Waals surface area contributed by atoms with E-state index in [9.17, 15) is 35.4 Å². The second kappa shape index (κ2) is 8.14. The van der Waals surface area contributed by atoms with Crippen molar-refractivity contribution in [2.24, 2.45) is 5.92 Å². The van der Waals surface area contributed by atoms with Gasteiger partial charge in [0.2, 0.25) is 6.29 Å². The lowest BCUT2D eigenvalue weighted by molar-refractivity contribution is -0.349. The number of epoxide rings is 1. The van der Waals surface area contributed by atoms with Gasteiger partial charge in [0.1, 0.15) is 60.2 Å². The summed E-state index contributed by atoms with van der Waals surface area (Å²) in [7, 11) is 0. The van der Waals surface area contributed by atoms with Crippen molar-refractivity contribution in [1.29, 1.82) is 0 Å². The second-order valence-corrected chi connectivity index (χ2v) is 9.14. The maximum absolute atomic E-state index is 12.2. The summed E-state index contributed by atoms with van der Waals surface area (Å²) in [6.07, 6.45) is -8.41. The predicted octanol–water partition coefficient (Wildman–Crippen LogP) is -1.88. The molecular formula is C22H26O12. The number of phenolic OH excluding ortho intramolecular Hbond substituents is 1. The molecule has 3 heterocycles. The van der Waals surface area contributed by atoms with Gasteiger partial charge in [-0.1, -0.05) is 0 Å². The number of hydrogen-bond acceptors (Lipinski definition) is 12. The van der Waals surface area contributed by atoms with Gasteiger partial charge in [-0.2, -0.15) is 0 Å². The number of aliphatic hydroxyl groups is 5. The van der Waals surface area contributed by atoms with Crippen LogP contribution in [0.3, 0.4) is 0 Å². The summed E-state index contributed by atoms with van der Waals surface area (Å²) < 4.78 is 27.5. The highest BCUT2D eigenvalue weighted by Gasteiger charge is 2.79. The van der Waals surface area contributed by atoms with E-state index in [-0.39, 0.29) is 11.3 Å². The third kappa shape index (κ3) is 3.58. The highest BCUT2D eigenvalue weighted by molar-refractivity contribution is 5.89. The molecule has 34 heavy (non-hydrogen) atoms. The predicted molar refractivity (Wildman–Crippen MR) is 108 cm³/mol. The van der Waals surface area contributed by atoms with Crippen LogP contribution < -0.4 is 0 Å². The van der Waals surface area contributed by atoms with Gasteiger partial charge in [-0.05, 0) is 37.3 Å². The van der Waals surface area contributed by atoms with Crippen molar-refractivity contribution in [2.75, 3.05) is 6.61 Å². The zero-order valence-electron chi connectivity index (χ0n) is 18.0. The van der Waals surface area contributed by atoms with Crippen LogP contribution in [0.25, 0.3) is 0 Å². The SMILES string of the molecule is CC12OC1C(O)C1(O)C=COC(OC3OC(COC(=O)c4ccc(O)cc4)C(O)C(O)C3O)C12. The minimum atomic E-state index is -1.70. The molecule has 1 aromatic carbocycles. The van der Waals surface area contributed by atoms with Gasteiger partial charge >= 0.3 is 5.97 Å². The number of carbonyl (C=O) groups excluding carboxylic acids is 1. The first kappa shape index (κ1) is 23.5. The molecule has 1 saturated carbocycles. The van der Waals surface area contributed by atoms with E-state index in [0.717, 1.165) is 6.26 Å². The van der Waals surface area contributed by atoms with Crippen LogP contribution in [-0.4, -0.2) is 104 Å². The van der Waals surface area contributed by atoms with Crippen molar-refractivity contribution in [3.8, 4) is 5.75 Å². The van der Waals surface area contributed by atoms with Gasteiger partial charge in [-0.25, -0.2) is 4.79 Å². The summed E-state index contributed by atoms with van der Waals surface area (Å²) in [5, 5.41) is 61.8. The molecule has 186 valence electrons. The number of fused-ring (bicyclic) bond motifs is 3. The maximum Gasteiger partial charge on any atom is 0.338 e.